The van der Waals surface area contributed by atoms with Gasteiger partial charge in [-0.05, 0) is 23.4 Å². The molecule has 1 aliphatic rings. The lowest BCUT2D eigenvalue weighted by Crippen LogP contribution is -2.08. The second-order valence-electron chi connectivity index (χ2n) is 4.18. The van der Waals surface area contributed by atoms with Crippen LogP contribution in [0.3, 0.4) is 0 Å². The summed E-state index contributed by atoms with van der Waals surface area (Å²) < 4.78 is 3.94. The summed E-state index contributed by atoms with van der Waals surface area (Å²) in [5, 5.41) is 12.5. The Hall–Kier alpha value is -0.790. The molecule has 2 rings (SSSR count). The zero-order valence-electron chi connectivity index (χ0n) is 7.97. The van der Waals surface area contributed by atoms with Crippen LogP contribution in [0.1, 0.15) is 25.1 Å². The van der Waals surface area contributed by atoms with Crippen LogP contribution >= 0.6 is 23.1 Å². The molecule has 0 spiro atoms. The molecule has 14 heavy (non-hydrogen) atoms. The molecule has 1 fully saturated rings. The van der Waals surface area contributed by atoms with Crippen molar-refractivity contribution < 1.29 is 0 Å². The number of nitrogens with one attached hydrogen (secondary N) is 1. The van der Waals surface area contributed by atoms with Gasteiger partial charge in [-0.3, -0.25) is 0 Å². The van der Waals surface area contributed by atoms with E-state index in [-0.39, 0.29) is 0 Å². The van der Waals surface area contributed by atoms with E-state index in [0.717, 1.165) is 18.0 Å². The van der Waals surface area contributed by atoms with Crippen LogP contribution in [0.15, 0.2) is 0 Å². The smallest absolute Gasteiger partial charge is 0.167 e. The number of hydrogen-bond donors (Lipinski definition) is 1. The van der Waals surface area contributed by atoms with Gasteiger partial charge in [0.2, 0.25) is 0 Å². The molecule has 1 aromatic rings. The average molecular weight is 228 g/mol. The van der Waals surface area contributed by atoms with E-state index >= 15 is 0 Å². The lowest BCUT2D eigenvalue weighted by molar-refractivity contribution is 0.630. The fraction of sp³-hybridized carbons (Fsp3) is 0.556. The van der Waals surface area contributed by atoms with Gasteiger partial charge in [0.1, 0.15) is 16.6 Å². The van der Waals surface area contributed by atoms with E-state index in [4.69, 9.17) is 16.9 Å². The third kappa shape index (κ3) is 1.58. The number of rotatable bonds is 2. The van der Waals surface area contributed by atoms with Gasteiger partial charge >= 0.3 is 0 Å². The predicted octanol–water partition coefficient (Wildman–Crippen LogP) is 2.88. The summed E-state index contributed by atoms with van der Waals surface area (Å²) in [4.78, 5) is 0.567. The van der Waals surface area contributed by atoms with Gasteiger partial charge in [-0.25, -0.2) is 0 Å². The van der Waals surface area contributed by atoms with Crippen LogP contribution in [0.25, 0.3) is 0 Å². The van der Waals surface area contributed by atoms with Gasteiger partial charge in [-0.1, -0.05) is 25.4 Å². The first-order valence-electron chi connectivity index (χ1n) is 4.36. The molecule has 0 aliphatic heterocycles. The normalized spacial score (nSPS) is 22.9. The van der Waals surface area contributed by atoms with Crippen molar-refractivity contribution in [3.05, 3.63) is 10.0 Å². The van der Waals surface area contributed by atoms with Crippen molar-refractivity contribution in [3.63, 3.8) is 0 Å². The maximum absolute atomic E-state index is 8.82. The van der Waals surface area contributed by atoms with E-state index in [9.17, 15) is 0 Å². The lowest BCUT2D eigenvalue weighted by atomic mass is 10.2. The Labute approximate surface area is 91.9 Å². The molecule has 1 aliphatic carbocycles. The molecule has 1 aromatic heterocycles. The van der Waals surface area contributed by atoms with E-state index in [1.165, 1.54) is 0 Å². The molecule has 1 unspecified atom stereocenters. The fourth-order valence-corrected chi connectivity index (χ4v) is 2.22. The third-order valence-electron chi connectivity index (χ3n) is 2.58. The van der Waals surface area contributed by atoms with Crippen LogP contribution in [-0.2, 0) is 0 Å². The monoisotopic (exact) mass is 227 g/mol. The van der Waals surface area contributed by atoms with E-state index in [1.807, 2.05) is 0 Å². The van der Waals surface area contributed by atoms with Crippen molar-refractivity contribution in [3.8, 4) is 6.07 Å². The molecule has 0 aromatic carbocycles. The Morgan fingerprint density at radius 1 is 1.71 bits per heavy atom. The topological polar surface area (TPSA) is 48.7 Å². The van der Waals surface area contributed by atoms with Gasteiger partial charge in [0, 0.05) is 6.04 Å². The summed E-state index contributed by atoms with van der Waals surface area (Å²) in [7, 11) is 0. The second-order valence-corrected chi connectivity index (χ2v) is 5.31. The number of halogens is 1. The van der Waals surface area contributed by atoms with Crippen LogP contribution in [0.5, 0.6) is 0 Å². The molecule has 1 saturated carbocycles. The highest BCUT2D eigenvalue weighted by molar-refractivity contribution is 7.07. The van der Waals surface area contributed by atoms with Crippen molar-refractivity contribution in [1.29, 1.82) is 5.26 Å². The van der Waals surface area contributed by atoms with Gasteiger partial charge in [0.25, 0.3) is 0 Å². The zero-order chi connectivity index (χ0) is 10.3. The van der Waals surface area contributed by atoms with Crippen molar-refractivity contribution in [1.82, 2.24) is 4.37 Å². The summed E-state index contributed by atoms with van der Waals surface area (Å²) in [6.45, 7) is 4.37. The highest BCUT2D eigenvalue weighted by Crippen LogP contribution is 2.47. The van der Waals surface area contributed by atoms with Crippen LogP contribution < -0.4 is 5.32 Å². The highest BCUT2D eigenvalue weighted by atomic mass is 35.5. The molecular weight excluding hydrogens is 218 g/mol. The van der Waals surface area contributed by atoms with E-state index in [1.54, 1.807) is 0 Å². The first-order chi connectivity index (χ1) is 6.54. The highest BCUT2D eigenvalue weighted by Gasteiger charge is 2.46. The maximum Gasteiger partial charge on any atom is 0.167 e. The van der Waals surface area contributed by atoms with E-state index in [2.05, 4.69) is 29.6 Å². The standard InChI is InChI=1S/C9H10ClN3S/c1-9(2)3-6(9)12-7-5(4-11)14-13-8(7)10/h6,12H,3H2,1-2H3. The van der Waals surface area contributed by atoms with Crippen LogP contribution in [0.4, 0.5) is 5.69 Å². The minimum atomic E-state index is 0.317. The number of anilines is 1. The van der Waals surface area contributed by atoms with Gasteiger partial charge in [0.05, 0.1) is 0 Å². The van der Waals surface area contributed by atoms with E-state index in [0.29, 0.717) is 27.2 Å². The predicted molar refractivity (Wildman–Crippen MR) is 57.6 cm³/mol. The first-order valence-corrected chi connectivity index (χ1v) is 5.51. The lowest BCUT2D eigenvalue weighted by Gasteiger charge is -2.06. The molecule has 5 heteroatoms. The maximum atomic E-state index is 8.82. The summed E-state index contributed by atoms with van der Waals surface area (Å²) in [6.07, 6.45) is 1.12. The van der Waals surface area contributed by atoms with Gasteiger partial charge in [-0.15, -0.1) is 0 Å². The molecule has 1 atom stereocenters. The molecule has 0 amide bonds. The molecule has 0 saturated heterocycles. The average Bonchev–Trinajstić information content (AvgIpc) is 2.54. The summed E-state index contributed by atoms with van der Waals surface area (Å²) in [5.74, 6) is 0. The van der Waals surface area contributed by atoms with Gasteiger partial charge in [-0.2, -0.15) is 9.64 Å². The molecule has 74 valence electrons. The Morgan fingerprint density at radius 2 is 2.36 bits per heavy atom. The second kappa shape index (κ2) is 3.11. The summed E-state index contributed by atoms with van der Waals surface area (Å²) >= 11 is 7.01. The third-order valence-corrected chi connectivity index (χ3v) is 3.71. The SMILES string of the molecule is CC1(C)CC1Nc1c(Cl)nsc1C#N. The van der Waals surface area contributed by atoms with Crippen molar-refractivity contribution in [2.75, 3.05) is 5.32 Å². The Balaban J connectivity index is 2.18. The number of aromatic nitrogens is 1. The minimum absolute atomic E-state index is 0.317. The summed E-state index contributed by atoms with van der Waals surface area (Å²) in [5.41, 5.74) is 1.02. The number of hydrogen-bond acceptors (Lipinski definition) is 4. The van der Waals surface area contributed by atoms with Gasteiger partial charge < -0.3 is 5.32 Å². The summed E-state index contributed by atoms with van der Waals surface area (Å²) in [6, 6.07) is 2.51. The van der Waals surface area contributed by atoms with Crippen molar-refractivity contribution in [2.24, 2.45) is 5.41 Å². The Morgan fingerprint density at radius 3 is 2.86 bits per heavy atom. The van der Waals surface area contributed by atoms with Gasteiger partial charge in [0.15, 0.2) is 5.15 Å². The molecule has 0 bridgehead atoms. The molecule has 1 heterocycles. The van der Waals surface area contributed by atoms with Crippen LogP contribution in [0, 0.1) is 16.7 Å². The number of nitrogens with zero attached hydrogens (tertiary/aromatic N) is 2. The Kier molecular flexibility index (Phi) is 2.17. The van der Waals surface area contributed by atoms with Crippen LogP contribution in [0.2, 0.25) is 5.15 Å². The minimum Gasteiger partial charge on any atom is -0.377 e. The van der Waals surface area contributed by atoms with E-state index < -0.39 is 0 Å². The zero-order valence-corrected chi connectivity index (χ0v) is 9.54. The largest absolute Gasteiger partial charge is 0.377 e. The van der Waals surface area contributed by atoms with Crippen molar-refractivity contribution in [2.45, 2.75) is 26.3 Å². The fourth-order valence-electron chi connectivity index (χ4n) is 1.36. The van der Waals surface area contributed by atoms with Crippen molar-refractivity contribution >= 4 is 28.8 Å². The molecular formula is C9H10ClN3S. The van der Waals surface area contributed by atoms with Crippen LogP contribution in [-0.4, -0.2) is 10.4 Å². The number of nitriles is 1. The molecule has 1 N–H and O–H groups in total. The Bertz CT molecular complexity index is 405. The first kappa shape index (κ1) is 9.75. The molecule has 3 nitrogen and oxygen atoms in total. The quantitative estimate of drug-likeness (QED) is 0.845. The molecule has 0 radical (unpaired) electrons.